The first kappa shape index (κ1) is 19.6. The van der Waals surface area contributed by atoms with Crippen LogP contribution in [0.1, 0.15) is 52.9 Å². The fourth-order valence-electron chi connectivity index (χ4n) is 6.99. The summed E-state index contributed by atoms with van der Waals surface area (Å²) in [5.41, 5.74) is -1.73. The number of hydrogen-bond donors (Lipinski definition) is 1. The molecule has 1 spiro atoms. The van der Waals surface area contributed by atoms with Gasteiger partial charge in [-0.1, -0.05) is 20.4 Å². The molecule has 6 atom stereocenters. The minimum atomic E-state index is -1.23. The van der Waals surface area contributed by atoms with E-state index in [1.54, 1.807) is 0 Å². The molecule has 4 aliphatic rings. The second kappa shape index (κ2) is 6.15. The zero-order valence-corrected chi connectivity index (χ0v) is 17.0. The van der Waals surface area contributed by atoms with Crippen LogP contribution in [0.2, 0.25) is 0 Å². The molecule has 0 aromatic heterocycles. The van der Waals surface area contributed by atoms with Crippen molar-refractivity contribution in [1.29, 1.82) is 0 Å². The van der Waals surface area contributed by atoms with Gasteiger partial charge in [-0.3, -0.25) is 14.4 Å². The molecule has 1 N–H and O–H groups in total. The Hall–Kier alpha value is -1.69. The number of Topliss-reactive ketones (excluding diaryl/α,β-unsaturated/α-hetero) is 1. The van der Waals surface area contributed by atoms with Crippen LogP contribution in [0.4, 0.5) is 0 Å². The lowest BCUT2D eigenvalue weighted by atomic mass is 9.43. The second-order valence-electron chi connectivity index (χ2n) is 9.90. The molecule has 1 saturated heterocycles. The number of allylic oxidation sites excluding steroid dienone is 1. The molecule has 4 fully saturated rings. The first-order valence-electron chi connectivity index (χ1n) is 10.3. The lowest BCUT2D eigenvalue weighted by molar-refractivity contribution is -0.255. The Balaban J connectivity index is 1.86. The van der Waals surface area contributed by atoms with Gasteiger partial charge in [0.25, 0.3) is 0 Å². The Labute approximate surface area is 165 Å². The van der Waals surface area contributed by atoms with Crippen LogP contribution in [0.5, 0.6) is 0 Å². The molecule has 2 bridgehead atoms. The van der Waals surface area contributed by atoms with Crippen molar-refractivity contribution in [2.75, 3.05) is 13.2 Å². The molecule has 4 rings (SSSR count). The van der Waals surface area contributed by atoms with E-state index in [1.165, 1.54) is 6.92 Å². The molecule has 6 unspecified atom stereocenters. The monoisotopic (exact) mass is 390 g/mol. The number of carbonyl (C=O) groups is 3. The maximum atomic E-state index is 13.3. The third-order valence-corrected chi connectivity index (χ3v) is 8.39. The number of ketones is 1. The van der Waals surface area contributed by atoms with Crippen molar-refractivity contribution >= 4 is 17.7 Å². The van der Waals surface area contributed by atoms with Gasteiger partial charge in [0, 0.05) is 18.3 Å². The number of esters is 2. The Morgan fingerprint density at radius 1 is 1.29 bits per heavy atom. The molecule has 28 heavy (non-hydrogen) atoms. The molecule has 1 aliphatic heterocycles. The van der Waals surface area contributed by atoms with Crippen LogP contribution in [0, 0.1) is 34.0 Å². The van der Waals surface area contributed by atoms with Crippen LogP contribution in [-0.2, 0) is 23.9 Å². The number of fused-ring (bicyclic) bond motifs is 3. The van der Waals surface area contributed by atoms with Gasteiger partial charge in [-0.2, -0.15) is 0 Å². The largest absolute Gasteiger partial charge is 0.466 e. The Morgan fingerprint density at radius 3 is 2.64 bits per heavy atom. The molecule has 0 radical (unpaired) electrons. The zero-order valence-electron chi connectivity index (χ0n) is 17.0. The quantitative estimate of drug-likeness (QED) is 0.452. The first-order chi connectivity index (χ1) is 13.1. The van der Waals surface area contributed by atoms with Gasteiger partial charge in [0.2, 0.25) is 0 Å². The SMILES string of the molecule is C=C1C(=O)C23CC1CCC2C1(CO)C(CCC(C)(C)C1COC(C)=O)OC3=O. The van der Waals surface area contributed by atoms with Crippen LogP contribution in [0.15, 0.2) is 12.2 Å². The van der Waals surface area contributed by atoms with Crippen LogP contribution in [0.3, 0.4) is 0 Å². The summed E-state index contributed by atoms with van der Waals surface area (Å²) in [5.74, 6) is -1.52. The number of ether oxygens (including phenoxy) is 2. The van der Waals surface area contributed by atoms with Crippen molar-refractivity contribution in [2.45, 2.75) is 59.0 Å². The van der Waals surface area contributed by atoms with Crippen LogP contribution < -0.4 is 0 Å². The number of aliphatic hydroxyl groups is 1. The lowest BCUT2D eigenvalue weighted by Crippen LogP contribution is -2.69. The Bertz CT molecular complexity index is 754. The summed E-state index contributed by atoms with van der Waals surface area (Å²) in [6.45, 7) is 9.52. The molecule has 6 heteroatoms. The minimum Gasteiger partial charge on any atom is -0.466 e. The van der Waals surface area contributed by atoms with E-state index in [0.717, 1.165) is 12.8 Å². The van der Waals surface area contributed by atoms with E-state index in [2.05, 4.69) is 20.4 Å². The Kier molecular flexibility index (Phi) is 4.31. The average Bonchev–Trinajstić information content (AvgIpc) is 2.83. The van der Waals surface area contributed by atoms with Gasteiger partial charge in [-0.05, 0) is 54.9 Å². The highest BCUT2D eigenvalue weighted by Gasteiger charge is 2.74. The summed E-state index contributed by atoms with van der Waals surface area (Å²) in [7, 11) is 0. The van der Waals surface area contributed by atoms with Crippen molar-refractivity contribution in [3.8, 4) is 0 Å². The molecule has 3 saturated carbocycles. The van der Waals surface area contributed by atoms with Crippen LogP contribution >= 0.6 is 0 Å². The molecule has 154 valence electrons. The predicted octanol–water partition coefficient (Wildman–Crippen LogP) is 2.43. The third kappa shape index (κ3) is 2.27. The highest BCUT2D eigenvalue weighted by molar-refractivity contribution is 6.15. The molecular weight excluding hydrogens is 360 g/mol. The highest BCUT2D eigenvalue weighted by Crippen LogP contribution is 2.68. The fraction of sp³-hybridized carbons (Fsp3) is 0.773. The predicted molar refractivity (Wildman–Crippen MR) is 99.9 cm³/mol. The van der Waals surface area contributed by atoms with Crippen molar-refractivity contribution in [3.05, 3.63) is 12.2 Å². The van der Waals surface area contributed by atoms with Crippen molar-refractivity contribution in [1.82, 2.24) is 0 Å². The maximum absolute atomic E-state index is 13.3. The number of rotatable bonds is 3. The summed E-state index contributed by atoms with van der Waals surface area (Å²) in [6.07, 6.45) is 2.87. The Morgan fingerprint density at radius 2 is 2.00 bits per heavy atom. The van der Waals surface area contributed by atoms with Gasteiger partial charge in [-0.25, -0.2) is 0 Å². The minimum absolute atomic E-state index is 0.0205. The number of carbonyl (C=O) groups excluding carboxylic acids is 3. The zero-order chi connectivity index (χ0) is 20.5. The lowest BCUT2D eigenvalue weighted by Gasteiger charge is -2.63. The fourth-order valence-corrected chi connectivity index (χ4v) is 6.99. The van der Waals surface area contributed by atoms with Gasteiger partial charge >= 0.3 is 11.9 Å². The second-order valence-corrected chi connectivity index (χ2v) is 9.90. The molecule has 0 aromatic rings. The van der Waals surface area contributed by atoms with Crippen LogP contribution in [0.25, 0.3) is 0 Å². The summed E-state index contributed by atoms with van der Waals surface area (Å²) >= 11 is 0. The molecule has 6 nitrogen and oxygen atoms in total. The van der Waals surface area contributed by atoms with E-state index in [1.807, 2.05) is 0 Å². The first-order valence-corrected chi connectivity index (χ1v) is 10.3. The van der Waals surface area contributed by atoms with E-state index >= 15 is 0 Å². The van der Waals surface area contributed by atoms with E-state index in [9.17, 15) is 19.5 Å². The standard InChI is InChI=1S/C22H30O6/c1-12-14-5-6-15-21(9-14,18(12)25)19(26)28-17-7-8-20(3,4)16(10-27-13(2)24)22(15,17)11-23/h14-17,23H,1,5-11H2,2-4H3. The smallest absolute Gasteiger partial charge is 0.320 e. The molecule has 0 aromatic carbocycles. The number of hydrogen-bond acceptors (Lipinski definition) is 6. The summed E-state index contributed by atoms with van der Waals surface area (Å²) in [6, 6.07) is 0. The van der Waals surface area contributed by atoms with Crippen molar-refractivity contribution < 1.29 is 29.0 Å². The van der Waals surface area contributed by atoms with Gasteiger partial charge in [0.15, 0.2) is 5.78 Å². The topological polar surface area (TPSA) is 89.9 Å². The van der Waals surface area contributed by atoms with E-state index in [-0.39, 0.29) is 48.1 Å². The van der Waals surface area contributed by atoms with Gasteiger partial charge in [0.1, 0.15) is 11.5 Å². The number of aliphatic hydroxyl groups excluding tert-OH is 1. The van der Waals surface area contributed by atoms with Crippen LogP contribution in [-0.4, -0.2) is 42.1 Å². The average molecular weight is 390 g/mol. The molecule has 3 aliphatic carbocycles. The third-order valence-electron chi connectivity index (χ3n) is 8.39. The van der Waals surface area contributed by atoms with Gasteiger partial charge < -0.3 is 14.6 Å². The van der Waals surface area contributed by atoms with Gasteiger partial charge in [-0.15, -0.1) is 0 Å². The molecular formula is C22H30O6. The summed E-state index contributed by atoms with van der Waals surface area (Å²) in [4.78, 5) is 38.0. The normalized spacial score (nSPS) is 43.8. The van der Waals surface area contributed by atoms with E-state index < -0.39 is 22.9 Å². The van der Waals surface area contributed by atoms with Gasteiger partial charge in [0.05, 0.1) is 13.2 Å². The molecule has 0 amide bonds. The summed E-state index contributed by atoms with van der Waals surface area (Å²) in [5, 5.41) is 10.8. The van der Waals surface area contributed by atoms with E-state index in [4.69, 9.17) is 9.47 Å². The van der Waals surface area contributed by atoms with Crippen molar-refractivity contribution in [3.63, 3.8) is 0 Å². The summed E-state index contributed by atoms with van der Waals surface area (Å²) < 4.78 is 11.4. The van der Waals surface area contributed by atoms with E-state index in [0.29, 0.717) is 24.8 Å². The maximum Gasteiger partial charge on any atom is 0.320 e. The van der Waals surface area contributed by atoms with Crippen molar-refractivity contribution in [2.24, 2.45) is 34.0 Å². The molecule has 1 heterocycles. The highest BCUT2D eigenvalue weighted by atomic mass is 16.6.